The van der Waals surface area contributed by atoms with Crippen molar-refractivity contribution in [2.24, 2.45) is 0 Å². The minimum atomic E-state index is -0.0632. The lowest BCUT2D eigenvalue weighted by Gasteiger charge is -2.17. The first kappa shape index (κ1) is 15.4. The fourth-order valence-corrected chi connectivity index (χ4v) is 3.26. The molecule has 2 heterocycles. The molecule has 0 aliphatic carbocycles. The van der Waals surface area contributed by atoms with Crippen molar-refractivity contribution >= 4 is 17.2 Å². The molecule has 0 bridgehead atoms. The van der Waals surface area contributed by atoms with Gasteiger partial charge in [-0.05, 0) is 36.1 Å². The van der Waals surface area contributed by atoms with Crippen LogP contribution in [0.4, 0.5) is 0 Å². The first-order chi connectivity index (χ1) is 11.3. The van der Waals surface area contributed by atoms with Gasteiger partial charge < -0.3 is 5.32 Å². The number of hydrogen-bond donors (Lipinski definition) is 1. The fraction of sp³-hybridized carbons (Fsp3) is 0.235. The largest absolute Gasteiger partial charge is 0.344 e. The minimum Gasteiger partial charge on any atom is -0.344 e. The van der Waals surface area contributed by atoms with Gasteiger partial charge >= 0.3 is 0 Å². The molecule has 0 saturated carbocycles. The maximum atomic E-state index is 12.6. The van der Waals surface area contributed by atoms with E-state index in [1.54, 1.807) is 28.6 Å². The van der Waals surface area contributed by atoms with Crippen molar-refractivity contribution in [3.8, 4) is 5.69 Å². The van der Waals surface area contributed by atoms with Crippen molar-refractivity contribution in [2.75, 3.05) is 0 Å². The summed E-state index contributed by atoms with van der Waals surface area (Å²) in [5.41, 5.74) is 1.50. The van der Waals surface area contributed by atoms with Crippen LogP contribution in [0.5, 0.6) is 0 Å². The van der Waals surface area contributed by atoms with Gasteiger partial charge in [-0.2, -0.15) is 0 Å². The summed E-state index contributed by atoms with van der Waals surface area (Å²) in [6.45, 7) is 2.12. The van der Waals surface area contributed by atoms with Gasteiger partial charge in [-0.3, -0.25) is 9.36 Å². The van der Waals surface area contributed by atoms with Crippen LogP contribution in [0.15, 0.2) is 54.4 Å². The highest BCUT2D eigenvalue weighted by molar-refractivity contribution is 7.10. The number of hydrogen-bond acceptors (Lipinski definition) is 4. The highest BCUT2D eigenvalue weighted by atomic mass is 32.1. The molecule has 2 aromatic heterocycles. The average molecular weight is 326 g/mol. The van der Waals surface area contributed by atoms with Crippen molar-refractivity contribution in [2.45, 2.75) is 25.8 Å². The van der Waals surface area contributed by atoms with E-state index in [2.05, 4.69) is 28.5 Å². The van der Waals surface area contributed by atoms with Gasteiger partial charge in [-0.25, -0.2) is 0 Å². The third kappa shape index (κ3) is 3.65. The third-order valence-electron chi connectivity index (χ3n) is 3.59. The second-order valence-electron chi connectivity index (χ2n) is 5.25. The van der Waals surface area contributed by atoms with E-state index in [0.29, 0.717) is 5.56 Å². The van der Waals surface area contributed by atoms with Gasteiger partial charge in [0.25, 0.3) is 5.91 Å². The molecule has 23 heavy (non-hydrogen) atoms. The lowest BCUT2D eigenvalue weighted by Crippen LogP contribution is -2.28. The molecule has 1 N–H and O–H groups in total. The number of nitrogens with zero attached hydrogens (tertiary/aromatic N) is 3. The van der Waals surface area contributed by atoms with Crippen LogP contribution in [0.25, 0.3) is 5.69 Å². The van der Waals surface area contributed by atoms with Crippen LogP contribution in [0.2, 0.25) is 0 Å². The highest BCUT2D eigenvalue weighted by Crippen LogP contribution is 2.23. The second-order valence-corrected chi connectivity index (χ2v) is 6.23. The monoisotopic (exact) mass is 326 g/mol. The molecule has 0 unspecified atom stereocenters. The molecule has 1 aromatic carbocycles. The molecule has 1 atom stereocenters. The summed E-state index contributed by atoms with van der Waals surface area (Å²) >= 11 is 1.67. The second kappa shape index (κ2) is 7.19. The molecule has 0 fully saturated rings. The Kier molecular flexibility index (Phi) is 4.83. The maximum absolute atomic E-state index is 12.6. The molecule has 118 valence electrons. The molecule has 6 heteroatoms. The van der Waals surface area contributed by atoms with Crippen molar-refractivity contribution in [3.05, 3.63) is 64.9 Å². The summed E-state index contributed by atoms with van der Waals surface area (Å²) in [4.78, 5) is 13.8. The lowest BCUT2D eigenvalue weighted by atomic mass is 10.1. The van der Waals surface area contributed by atoms with Crippen LogP contribution in [-0.2, 0) is 0 Å². The van der Waals surface area contributed by atoms with Crippen molar-refractivity contribution < 1.29 is 4.79 Å². The lowest BCUT2D eigenvalue weighted by molar-refractivity contribution is 0.0935. The standard InChI is InChI=1S/C17H18N4OS/c1-2-5-15(16-8-4-9-23-16)20-17(22)13-6-3-7-14(10-13)21-11-18-19-12-21/h3-4,6-12,15H,2,5H2,1H3,(H,20,22)/t15-/m0/s1. The molecule has 0 aliphatic rings. The summed E-state index contributed by atoms with van der Waals surface area (Å²) in [5, 5.41) is 12.8. The van der Waals surface area contributed by atoms with Crippen molar-refractivity contribution in [1.29, 1.82) is 0 Å². The van der Waals surface area contributed by atoms with E-state index in [1.165, 1.54) is 4.88 Å². The van der Waals surface area contributed by atoms with Gasteiger partial charge in [-0.1, -0.05) is 25.5 Å². The summed E-state index contributed by atoms with van der Waals surface area (Å²) in [6, 6.07) is 11.6. The molecule has 3 rings (SSSR count). The molecule has 0 aliphatic heterocycles. The fourth-order valence-electron chi connectivity index (χ4n) is 2.45. The third-order valence-corrected chi connectivity index (χ3v) is 4.58. The summed E-state index contributed by atoms with van der Waals surface area (Å²) < 4.78 is 1.78. The Morgan fingerprint density at radius 2 is 2.09 bits per heavy atom. The van der Waals surface area contributed by atoms with Gasteiger partial charge in [0.2, 0.25) is 0 Å². The molecule has 1 amide bonds. The SMILES string of the molecule is CCC[C@H](NC(=O)c1cccc(-n2cnnc2)c1)c1cccs1. The number of benzene rings is 1. The van der Waals surface area contributed by atoms with Gasteiger partial charge in [0.1, 0.15) is 12.7 Å². The Morgan fingerprint density at radius 3 is 2.78 bits per heavy atom. The van der Waals surface area contributed by atoms with Crippen LogP contribution in [-0.4, -0.2) is 20.7 Å². The first-order valence-electron chi connectivity index (χ1n) is 7.57. The van der Waals surface area contributed by atoms with Gasteiger partial charge in [0.05, 0.1) is 6.04 Å². The van der Waals surface area contributed by atoms with Crippen LogP contribution < -0.4 is 5.32 Å². The van der Waals surface area contributed by atoms with E-state index in [1.807, 2.05) is 35.7 Å². The quantitative estimate of drug-likeness (QED) is 0.753. The Hall–Kier alpha value is -2.47. The van der Waals surface area contributed by atoms with E-state index >= 15 is 0 Å². The molecular weight excluding hydrogens is 308 g/mol. The predicted octanol–water partition coefficient (Wildman–Crippen LogP) is 3.60. The average Bonchev–Trinajstić information content (AvgIpc) is 3.28. The van der Waals surface area contributed by atoms with Crippen LogP contribution >= 0.6 is 11.3 Å². The zero-order chi connectivity index (χ0) is 16.1. The minimum absolute atomic E-state index is 0.0612. The van der Waals surface area contributed by atoms with E-state index in [9.17, 15) is 4.79 Å². The summed E-state index contributed by atoms with van der Waals surface area (Å²) in [7, 11) is 0. The highest BCUT2D eigenvalue weighted by Gasteiger charge is 2.16. The summed E-state index contributed by atoms with van der Waals surface area (Å²) in [5.74, 6) is -0.0632. The van der Waals surface area contributed by atoms with E-state index in [4.69, 9.17) is 0 Å². The Bertz CT molecular complexity index is 753. The zero-order valence-electron chi connectivity index (χ0n) is 12.8. The zero-order valence-corrected chi connectivity index (χ0v) is 13.7. The number of carbonyl (C=O) groups excluding carboxylic acids is 1. The molecule has 5 nitrogen and oxygen atoms in total. The summed E-state index contributed by atoms with van der Waals surface area (Å²) in [6.07, 6.45) is 5.17. The van der Waals surface area contributed by atoms with Gasteiger partial charge in [0.15, 0.2) is 0 Å². The number of nitrogens with one attached hydrogen (secondary N) is 1. The normalized spacial score (nSPS) is 12.0. The Morgan fingerprint density at radius 1 is 1.26 bits per heavy atom. The Balaban J connectivity index is 1.78. The van der Waals surface area contributed by atoms with E-state index < -0.39 is 0 Å². The molecule has 3 aromatic rings. The first-order valence-corrected chi connectivity index (χ1v) is 8.45. The topological polar surface area (TPSA) is 59.8 Å². The maximum Gasteiger partial charge on any atom is 0.251 e. The van der Waals surface area contributed by atoms with Crippen molar-refractivity contribution in [3.63, 3.8) is 0 Å². The van der Waals surface area contributed by atoms with E-state index in [0.717, 1.165) is 18.5 Å². The smallest absolute Gasteiger partial charge is 0.251 e. The van der Waals surface area contributed by atoms with Gasteiger partial charge in [-0.15, -0.1) is 21.5 Å². The number of amides is 1. The molecule has 0 spiro atoms. The molecular formula is C17H18N4OS. The van der Waals surface area contributed by atoms with Crippen molar-refractivity contribution in [1.82, 2.24) is 20.1 Å². The molecule has 0 saturated heterocycles. The number of aromatic nitrogens is 3. The van der Waals surface area contributed by atoms with Crippen LogP contribution in [0, 0.1) is 0 Å². The predicted molar refractivity (Wildman–Crippen MR) is 90.8 cm³/mol. The number of carbonyl (C=O) groups is 1. The Labute approximate surface area is 139 Å². The van der Waals surface area contributed by atoms with Crippen LogP contribution in [0.1, 0.15) is 41.0 Å². The van der Waals surface area contributed by atoms with E-state index in [-0.39, 0.29) is 11.9 Å². The molecule has 0 radical (unpaired) electrons. The number of thiophene rings is 1. The number of rotatable bonds is 6. The van der Waals surface area contributed by atoms with Crippen LogP contribution in [0.3, 0.4) is 0 Å². The van der Waals surface area contributed by atoms with Gasteiger partial charge in [0, 0.05) is 16.1 Å².